The van der Waals surface area contributed by atoms with Crippen molar-refractivity contribution in [2.75, 3.05) is 0 Å². The molecule has 20 heavy (non-hydrogen) atoms. The predicted molar refractivity (Wildman–Crippen MR) is 74.9 cm³/mol. The fourth-order valence-corrected chi connectivity index (χ4v) is 1.99. The van der Waals surface area contributed by atoms with Crippen LogP contribution in [0.15, 0.2) is 39.3 Å². The summed E-state index contributed by atoms with van der Waals surface area (Å²) >= 11 is 5.82. The van der Waals surface area contributed by atoms with Gasteiger partial charge in [-0.15, -0.1) is 0 Å². The molecule has 0 bridgehead atoms. The van der Waals surface area contributed by atoms with E-state index in [0.717, 1.165) is 18.2 Å². The Kier molecular flexibility index (Phi) is 4.34. The molecule has 2 aromatic carbocycles. The van der Waals surface area contributed by atoms with E-state index in [0.29, 0.717) is 0 Å². The first kappa shape index (κ1) is 14.9. The summed E-state index contributed by atoms with van der Waals surface area (Å²) in [7, 11) is 0. The molecule has 8 heteroatoms. The second-order valence-electron chi connectivity index (χ2n) is 3.67. The Labute approximate surface area is 128 Å². The highest BCUT2D eigenvalue weighted by molar-refractivity contribution is 9.10. The molecule has 104 valence electrons. The maximum Gasteiger partial charge on any atom is 0.312 e. The van der Waals surface area contributed by atoms with Crippen molar-refractivity contribution in [3.63, 3.8) is 0 Å². The maximum absolute atomic E-state index is 13.4. The van der Waals surface area contributed by atoms with Crippen LogP contribution >= 0.6 is 31.9 Å². The van der Waals surface area contributed by atoms with Crippen molar-refractivity contribution in [2.45, 2.75) is 0 Å². The van der Waals surface area contributed by atoms with Gasteiger partial charge in [0.15, 0.2) is 0 Å². The molecule has 0 aliphatic carbocycles. The first-order valence-electron chi connectivity index (χ1n) is 5.15. The zero-order valence-electron chi connectivity index (χ0n) is 9.57. The molecule has 0 fully saturated rings. The van der Waals surface area contributed by atoms with Gasteiger partial charge in [0, 0.05) is 18.2 Å². The Balaban J connectivity index is 2.44. The summed E-state index contributed by atoms with van der Waals surface area (Å²) in [6.07, 6.45) is 0. The van der Waals surface area contributed by atoms with Gasteiger partial charge in [0.25, 0.3) is 0 Å². The molecule has 0 atom stereocenters. The van der Waals surface area contributed by atoms with Crippen LogP contribution in [-0.4, -0.2) is 4.92 Å². The summed E-state index contributed by atoms with van der Waals surface area (Å²) in [4.78, 5) is 10.2. The predicted octanol–water partition coefficient (Wildman–Crippen LogP) is 5.19. The van der Waals surface area contributed by atoms with Crippen LogP contribution in [0.2, 0.25) is 0 Å². The molecule has 0 aliphatic rings. The zero-order valence-corrected chi connectivity index (χ0v) is 12.7. The molecule has 0 amide bonds. The number of benzene rings is 2. The van der Waals surface area contributed by atoms with Gasteiger partial charge in [-0.05, 0) is 44.0 Å². The number of hydrogen-bond acceptors (Lipinski definition) is 3. The summed E-state index contributed by atoms with van der Waals surface area (Å²) in [5.74, 6) is -1.60. The van der Waals surface area contributed by atoms with E-state index in [4.69, 9.17) is 4.74 Å². The van der Waals surface area contributed by atoms with Gasteiger partial charge in [0.2, 0.25) is 5.75 Å². The number of rotatable bonds is 3. The summed E-state index contributed by atoms with van der Waals surface area (Å²) in [5.41, 5.74) is -0.429. The summed E-state index contributed by atoms with van der Waals surface area (Å²) in [6.45, 7) is 0. The van der Waals surface area contributed by atoms with Crippen molar-refractivity contribution in [3.05, 3.63) is 61.0 Å². The van der Waals surface area contributed by atoms with E-state index in [9.17, 15) is 18.9 Å². The summed E-state index contributed by atoms with van der Waals surface area (Å²) in [5, 5.41) is 10.9. The van der Waals surface area contributed by atoms with E-state index in [-0.39, 0.29) is 20.4 Å². The lowest BCUT2D eigenvalue weighted by Crippen LogP contribution is -1.95. The Bertz CT molecular complexity index is 695. The van der Waals surface area contributed by atoms with Gasteiger partial charge in [-0.25, -0.2) is 8.78 Å². The van der Waals surface area contributed by atoms with E-state index >= 15 is 0 Å². The number of hydrogen-bond donors (Lipinski definition) is 0. The molecule has 2 aromatic rings. The Morgan fingerprint density at radius 1 is 1.05 bits per heavy atom. The molecule has 2 rings (SSSR count). The second-order valence-corrected chi connectivity index (χ2v) is 5.38. The van der Waals surface area contributed by atoms with Gasteiger partial charge in [0.05, 0.1) is 13.9 Å². The molecule has 0 radical (unpaired) electrons. The van der Waals surface area contributed by atoms with E-state index in [1.165, 1.54) is 12.1 Å². The molecule has 0 heterocycles. The summed E-state index contributed by atoms with van der Waals surface area (Å²) < 4.78 is 32.1. The average molecular weight is 409 g/mol. The van der Waals surface area contributed by atoms with Crippen LogP contribution in [0.25, 0.3) is 0 Å². The Morgan fingerprint density at radius 3 is 2.30 bits per heavy atom. The van der Waals surface area contributed by atoms with Crippen LogP contribution in [0, 0.1) is 21.7 Å². The normalized spacial score (nSPS) is 10.4. The van der Waals surface area contributed by atoms with Crippen molar-refractivity contribution >= 4 is 37.5 Å². The lowest BCUT2D eigenvalue weighted by molar-refractivity contribution is -0.385. The molecule has 0 spiro atoms. The quantitative estimate of drug-likeness (QED) is 0.518. The highest BCUT2D eigenvalue weighted by Crippen LogP contribution is 2.36. The number of nitro benzene ring substituents is 1. The van der Waals surface area contributed by atoms with Crippen LogP contribution in [-0.2, 0) is 0 Å². The van der Waals surface area contributed by atoms with Gasteiger partial charge in [0.1, 0.15) is 17.4 Å². The minimum absolute atomic E-state index is 0.0236. The minimum atomic E-state index is -0.719. The molecule has 0 N–H and O–H groups in total. The van der Waals surface area contributed by atoms with Crippen LogP contribution in [0.5, 0.6) is 11.5 Å². The third kappa shape index (κ3) is 3.13. The van der Waals surface area contributed by atoms with Crippen LogP contribution in [0.3, 0.4) is 0 Å². The largest absolute Gasteiger partial charge is 0.450 e. The number of nitrogens with zero attached hydrogens (tertiary/aromatic N) is 1. The Hall–Kier alpha value is -1.54. The topological polar surface area (TPSA) is 52.4 Å². The fraction of sp³-hybridized carbons (Fsp3) is 0. The van der Waals surface area contributed by atoms with Crippen molar-refractivity contribution < 1.29 is 18.4 Å². The van der Waals surface area contributed by atoms with Crippen molar-refractivity contribution in [2.24, 2.45) is 0 Å². The van der Waals surface area contributed by atoms with Crippen LogP contribution in [0.4, 0.5) is 14.5 Å². The standard InChI is InChI=1S/C12H5Br2F2NO3/c13-7-2-1-6(3-9(7)15)20-12-5-10(16)8(14)4-11(12)17(18)19/h1-5H. The smallest absolute Gasteiger partial charge is 0.312 e. The molecular weight excluding hydrogens is 404 g/mol. The Morgan fingerprint density at radius 2 is 1.70 bits per heavy atom. The molecule has 0 saturated carbocycles. The van der Waals surface area contributed by atoms with Gasteiger partial charge < -0.3 is 4.74 Å². The number of ether oxygens (including phenoxy) is 1. The fourth-order valence-electron chi connectivity index (χ4n) is 1.41. The van der Waals surface area contributed by atoms with E-state index in [2.05, 4.69) is 31.9 Å². The molecule has 0 aliphatic heterocycles. The van der Waals surface area contributed by atoms with Crippen molar-refractivity contribution in [1.29, 1.82) is 0 Å². The van der Waals surface area contributed by atoms with Crippen LogP contribution in [0.1, 0.15) is 0 Å². The second kappa shape index (κ2) is 5.84. The highest BCUT2D eigenvalue weighted by atomic mass is 79.9. The molecule has 4 nitrogen and oxygen atoms in total. The third-order valence-corrected chi connectivity index (χ3v) is 3.57. The van der Waals surface area contributed by atoms with E-state index < -0.39 is 22.2 Å². The van der Waals surface area contributed by atoms with Gasteiger partial charge in [-0.2, -0.15) is 0 Å². The van der Waals surface area contributed by atoms with Gasteiger partial charge in [-0.3, -0.25) is 10.1 Å². The molecule has 0 aromatic heterocycles. The number of nitro groups is 1. The molecule has 0 saturated heterocycles. The third-order valence-electron chi connectivity index (χ3n) is 2.32. The first-order valence-corrected chi connectivity index (χ1v) is 6.73. The SMILES string of the molecule is O=[N+]([O-])c1cc(Br)c(F)cc1Oc1ccc(Br)c(F)c1. The minimum Gasteiger partial charge on any atom is -0.450 e. The average Bonchev–Trinajstić information content (AvgIpc) is 2.37. The maximum atomic E-state index is 13.4. The first-order chi connectivity index (χ1) is 9.38. The van der Waals surface area contributed by atoms with Crippen molar-refractivity contribution in [3.8, 4) is 11.5 Å². The lowest BCUT2D eigenvalue weighted by Gasteiger charge is -2.07. The lowest BCUT2D eigenvalue weighted by atomic mass is 10.3. The highest BCUT2D eigenvalue weighted by Gasteiger charge is 2.20. The molecule has 0 unspecified atom stereocenters. The van der Waals surface area contributed by atoms with Crippen molar-refractivity contribution in [1.82, 2.24) is 0 Å². The zero-order chi connectivity index (χ0) is 14.9. The van der Waals surface area contributed by atoms with E-state index in [1.54, 1.807) is 0 Å². The van der Waals surface area contributed by atoms with Gasteiger partial charge >= 0.3 is 5.69 Å². The van der Waals surface area contributed by atoms with Gasteiger partial charge in [-0.1, -0.05) is 0 Å². The van der Waals surface area contributed by atoms with Crippen LogP contribution < -0.4 is 4.74 Å². The number of halogens is 4. The molecular formula is C12H5Br2F2NO3. The monoisotopic (exact) mass is 407 g/mol. The van der Waals surface area contributed by atoms with E-state index in [1.807, 2.05) is 0 Å². The summed E-state index contributed by atoms with van der Waals surface area (Å²) in [6, 6.07) is 5.67.